The normalized spacial score (nSPS) is 22.7. The maximum atomic E-state index is 14.7. The van der Waals surface area contributed by atoms with Gasteiger partial charge in [-0.1, -0.05) is 0 Å². The minimum atomic E-state index is -3.42. The predicted molar refractivity (Wildman–Crippen MR) is 145 cm³/mol. The summed E-state index contributed by atoms with van der Waals surface area (Å²) in [4.78, 5) is 31.7. The van der Waals surface area contributed by atoms with Crippen LogP contribution in [0, 0.1) is 11.2 Å². The second-order valence-corrected chi connectivity index (χ2v) is 14.1. The van der Waals surface area contributed by atoms with Gasteiger partial charge in [0, 0.05) is 0 Å². The average Bonchev–Trinajstić information content (AvgIpc) is 2.76. The molecule has 1 fully saturated rings. The van der Waals surface area contributed by atoms with E-state index in [1.54, 1.807) is 30.9 Å². The number of piperazine rings is 1. The molecule has 2 N–H and O–H groups in total. The number of amidine groups is 1. The van der Waals surface area contributed by atoms with Crippen molar-refractivity contribution in [3.63, 3.8) is 0 Å². The zero-order chi connectivity index (χ0) is 26.6. The molecule has 0 radical (unpaired) electrons. The Morgan fingerprint density at radius 2 is 1.86 bits per heavy atom. The molecule has 2 aliphatic rings. The second-order valence-electron chi connectivity index (χ2n) is 11.0. The van der Waals surface area contributed by atoms with Crippen LogP contribution in [0.4, 0.5) is 15.0 Å². The molecular weight excluding hydrogens is 504 g/mol. The van der Waals surface area contributed by atoms with Crippen molar-refractivity contribution in [2.75, 3.05) is 31.0 Å². The Hall–Kier alpha value is -2.48. The molecule has 0 aliphatic carbocycles. The van der Waals surface area contributed by atoms with Gasteiger partial charge in [-0.05, 0) is 0 Å². The second kappa shape index (κ2) is 9.43. The molecule has 0 unspecified atom stereocenters. The van der Waals surface area contributed by atoms with E-state index in [9.17, 15) is 19.2 Å². The topological polar surface area (TPSA) is 92.5 Å². The number of anilines is 1. The number of benzene rings is 1. The monoisotopic (exact) mass is 537 g/mol. The van der Waals surface area contributed by atoms with E-state index in [1.807, 2.05) is 23.4 Å². The van der Waals surface area contributed by atoms with E-state index in [2.05, 4.69) is 20.8 Å². The predicted octanol–water partition coefficient (Wildman–Crippen LogP) is 5.34. The standard InChI is InChI=1S/C25H34ClFN5O3P/c1-15-13-31(24(33)34)16(2)12-30(15)23-18-11-19(26)21(17-9-7-8-10-20(17)27)28-22(18)32(14-25(3,4)5)36(6,35)29-23/h7-11,15-16,35-36H,12-14H2,1-6H3,(H,33,34)/t15-,16+/m0/s1. The zero-order valence-electron chi connectivity index (χ0n) is 21.5. The first-order chi connectivity index (χ1) is 16.7. The fourth-order valence-electron chi connectivity index (χ4n) is 4.82. The number of fused-ring (bicyclic) bond motifs is 1. The van der Waals surface area contributed by atoms with E-state index in [0.29, 0.717) is 42.5 Å². The van der Waals surface area contributed by atoms with Crippen LogP contribution in [0.1, 0.15) is 40.2 Å². The number of hydrogen-bond acceptors (Lipinski definition) is 6. The number of hydrogen-bond donors (Lipinski definition) is 2. The summed E-state index contributed by atoms with van der Waals surface area (Å²) in [6, 6.07) is 7.61. The van der Waals surface area contributed by atoms with Crippen LogP contribution in [-0.2, 0) is 0 Å². The van der Waals surface area contributed by atoms with Gasteiger partial charge in [0.05, 0.1) is 0 Å². The number of carbonyl (C=O) groups is 1. The molecule has 1 aromatic carbocycles. The van der Waals surface area contributed by atoms with Gasteiger partial charge in [-0.3, -0.25) is 0 Å². The Morgan fingerprint density at radius 1 is 1.19 bits per heavy atom. The molecule has 1 aromatic heterocycles. The SMILES string of the molecule is C[C@@H]1CN(C2=N[PH](C)(O)N(CC(C)(C)C)c3nc(-c4ccccc4F)c(Cl)cc32)[C@@H](C)CN1C(=O)O. The van der Waals surface area contributed by atoms with E-state index >= 15 is 0 Å². The van der Waals surface area contributed by atoms with E-state index in [1.165, 1.54) is 11.0 Å². The summed E-state index contributed by atoms with van der Waals surface area (Å²) >= 11 is 6.70. The van der Waals surface area contributed by atoms with Crippen LogP contribution in [0.25, 0.3) is 11.3 Å². The zero-order valence-corrected chi connectivity index (χ0v) is 23.2. The van der Waals surface area contributed by atoms with Crippen molar-refractivity contribution in [2.24, 2.45) is 10.2 Å². The molecule has 11 heteroatoms. The molecular formula is C25H34ClFN5O3P. The number of carboxylic acid groups (broad SMARTS) is 1. The third kappa shape index (κ3) is 5.01. The summed E-state index contributed by atoms with van der Waals surface area (Å²) in [5.74, 6) is 0.621. The number of pyridine rings is 1. The molecule has 2 aromatic rings. The minimum absolute atomic E-state index is 0.185. The molecule has 3 heterocycles. The Morgan fingerprint density at radius 3 is 2.47 bits per heavy atom. The van der Waals surface area contributed by atoms with Gasteiger partial charge in [0.25, 0.3) is 0 Å². The van der Waals surface area contributed by atoms with Crippen LogP contribution in [0.3, 0.4) is 0 Å². The number of nitrogens with zero attached hydrogens (tertiary/aromatic N) is 5. The number of halogens is 2. The van der Waals surface area contributed by atoms with Crippen LogP contribution >= 0.6 is 19.4 Å². The summed E-state index contributed by atoms with van der Waals surface area (Å²) in [6.45, 7) is 12.9. The molecule has 0 saturated carbocycles. The molecule has 36 heavy (non-hydrogen) atoms. The van der Waals surface area contributed by atoms with Gasteiger partial charge in [0.2, 0.25) is 0 Å². The average molecular weight is 538 g/mol. The van der Waals surface area contributed by atoms with Crippen molar-refractivity contribution >= 4 is 37.1 Å². The molecule has 4 rings (SSSR count). The molecule has 1 saturated heterocycles. The van der Waals surface area contributed by atoms with Crippen LogP contribution in [-0.4, -0.2) is 75.1 Å². The van der Waals surface area contributed by atoms with Crippen molar-refractivity contribution in [2.45, 2.75) is 46.7 Å². The summed E-state index contributed by atoms with van der Waals surface area (Å²) < 4.78 is 21.5. The van der Waals surface area contributed by atoms with E-state index in [0.717, 1.165) is 0 Å². The van der Waals surface area contributed by atoms with Crippen LogP contribution in [0.5, 0.6) is 0 Å². The third-order valence-electron chi connectivity index (χ3n) is 6.55. The van der Waals surface area contributed by atoms with Gasteiger partial charge >= 0.3 is 217 Å². The Balaban J connectivity index is 1.89. The van der Waals surface area contributed by atoms with Crippen molar-refractivity contribution in [1.29, 1.82) is 0 Å². The Labute approximate surface area is 216 Å². The first-order valence-corrected chi connectivity index (χ1v) is 14.7. The van der Waals surface area contributed by atoms with E-state index in [-0.39, 0.29) is 28.1 Å². The summed E-state index contributed by atoms with van der Waals surface area (Å²) in [5, 5.41) is 9.86. The number of amides is 1. The van der Waals surface area contributed by atoms with Gasteiger partial charge in [-0.2, -0.15) is 0 Å². The molecule has 0 bridgehead atoms. The van der Waals surface area contributed by atoms with Crippen molar-refractivity contribution in [3.8, 4) is 11.3 Å². The van der Waals surface area contributed by atoms with Crippen molar-refractivity contribution in [1.82, 2.24) is 14.8 Å². The summed E-state index contributed by atoms with van der Waals surface area (Å²) in [6.07, 6.45) is -0.961. The third-order valence-corrected chi connectivity index (χ3v) is 8.86. The summed E-state index contributed by atoms with van der Waals surface area (Å²) in [7, 11) is -3.42. The first kappa shape index (κ1) is 26.6. The van der Waals surface area contributed by atoms with Crippen LogP contribution in [0.15, 0.2) is 35.1 Å². The summed E-state index contributed by atoms with van der Waals surface area (Å²) in [5.41, 5.74) is 1.04. The van der Waals surface area contributed by atoms with Gasteiger partial charge < -0.3 is 0 Å². The van der Waals surface area contributed by atoms with Gasteiger partial charge in [0.15, 0.2) is 0 Å². The molecule has 2 aliphatic heterocycles. The fraction of sp³-hybridized carbons (Fsp3) is 0.480. The Kier molecular flexibility index (Phi) is 6.97. The molecule has 0 spiro atoms. The Bertz CT molecular complexity index is 1220. The van der Waals surface area contributed by atoms with Gasteiger partial charge in [-0.15, -0.1) is 0 Å². The van der Waals surface area contributed by atoms with E-state index in [4.69, 9.17) is 21.3 Å². The fourth-order valence-corrected chi connectivity index (χ4v) is 7.19. The first-order valence-electron chi connectivity index (χ1n) is 12.0. The van der Waals surface area contributed by atoms with Crippen LogP contribution < -0.4 is 4.67 Å². The molecule has 8 nitrogen and oxygen atoms in total. The van der Waals surface area contributed by atoms with Crippen molar-refractivity contribution in [3.05, 3.63) is 46.7 Å². The molecule has 2 atom stereocenters. The van der Waals surface area contributed by atoms with E-state index < -0.39 is 19.7 Å². The quantitative estimate of drug-likeness (QED) is 0.502. The number of rotatable bonds is 2. The van der Waals surface area contributed by atoms with Crippen LogP contribution in [0.2, 0.25) is 5.02 Å². The van der Waals surface area contributed by atoms with Gasteiger partial charge in [-0.25, -0.2) is 0 Å². The molecule has 196 valence electrons. The number of aromatic nitrogens is 1. The van der Waals surface area contributed by atoms with Gasteiger partial charge in [0.1, 0.15) is 0 Å². The maximum absolute atomic E-state index is 14.7. The molecule has 1 amide bonds. The van der Waals surface area contributed by atoms with Crippen molar-refractivity contribution < 1.29 is 19.2 Å².